The predicted molar refractivity (Wildman–Crippen MR) is 25.3 cm³/mol. The van der Waals surface area contributed by atoms with Crippen molar-refractivity contribution in [3.63, 3.8) is 0 Å². The Morgan fingerprint density at radius 2 is 1.50 bits per heavy atom. The molecule has 0 aromatic rings. The number of halogens is 3. The molecule has 0 aliphatic carbocycles. The first-order chi connectivity index (χ1) is 1.00. The van der Waals surface area contributed by atoms with E-state index in [0.717, 1.165) is 0 Å². The Morgan fingerprint density at radius 1 is 1.50 bits per heavy atom. The van der Waals surface area contributed by atoms with Crippen molar-refractivity contribution in [2.24, 2.45) is 0 Å². The van der Waals surface area contributed by atoms with Gasteiger partial charge in [-0.15, -0.1) is 21.0 Å². The molecule has 4 heteroatoms. The zero-order valence-electron chi connectivity index (χ0n) is 3.87. The molecule has 0 atom stereocenters. The van der Waals surface area contributed by atoms with Crippen molar-refractivity contribution in [2.45, 2.75) is 0 Å². The normalized spacial score (nSPS) is 1.50. The van der Waals surface area contributed by atoms with E-state index in [0.29, 0.717) is 0 Å². The molecule has 0 rings (SSSR count). The first-order valence-electron chi connectivity index (χ1n) is 0.143. The Hall–Kier alpha value is 2.27. The van der Waals surface area contributed by atoms with E-state index in [9.17, 15) is 0 Å². The maximum absolute atomic E-state index is 8.97. The van der Waals surface area contributed by atoms with Crippen molar-refractivity contribution >= 4 is 77.8 Å². The van der Waals surface area contributed by atoms with E-state index in [2.05, 4.69) is 12.0 Å². The molecule has 0 bridgehead atoms. The van der Waals surface area contributed by atoms with Gasteiger partial charge in [0.05, 0.1) is 0 Å². The van der Waals surface area contributed by atoms with Gasteiger partial charge in [-0.1, -0.05) is 0 Å². The molecule has 0 aliphatic heterocycles. The van der Waals surface area contributed by atoms with Gasteiger partial charge < -0.3 is 2.85 Å². The molecular weight excluding hydrogens is 272 g/mol. The van der Waals surface area contributed by atoms with Crippen molar-refractivity contribution in [2.75, 3.05) is 0 Å². The Balaban J connectivity index is -0.000000000833. The van der Waals surface area contributed by atoms with Crippen LogP contribution < -0.4 is 0 Å². The average molecular weight is 275 g/mol. The molecule has 0 unspecified atom stereocenters. The van der Waals surface area contributed by atoms with Crippen molar-refractivity contribution in [3.8, 4) is 0 Å². The van der Waals surface area contributed by atoms with Crippen LogP contribution in [0.25, 0.3) is 0 Å². The molecule has 0 radical (unpaired) electrons. The topological polar surface area (TPSA) is 0 Å². The van der Waals surface area contributed by atoms with Crippen LogP contribution in [0.15, 0.2) is 0 Å². The van der Waals surface area contributed by atoms with E-state index >= 15 is 0 Å². The molecule has 0 amide bonds. The van der Waals surface area contributed by atoms with E-state index in [-0.39, 0.29) is 68.7 Å². The quantitative estimate of drug-likeness (QED) is 0.588. The van der Waals surface area contributed by atoms with Crippen molar-refractivity contribution in [1.29, 1.82) is 0 Å². The van der Waals surface area contributed by atoms with Crippen LogP contribution >= 0.6 is 28.9 Å². The van der Waals surface area contributed by atoms with E-state index in [1.54, 1.807) is 0 Å². The Bertz CT molecular complexity index is 13.5. The second-order valence-electron chi connectivity index (χ2n) is 0. The SMILES string of the molecule is Br.FCl.[Ba+2].[H-].[H-]. The third-order valence-electron chi connectivity index (χ3n) is 0. The largest absolute Gasteiger partial charge is 2.00 e. The molecule has 0 saturated heterocycles. The summed E-state index contributed by atoms with van der Waals surface area (Å²) >= 11 is 3.14. The van der Waals surface area contributed by atoms with Crippen LogP contribution in [-0.2, 0) is 0 Å². The van der Waals surface area contributed by atoms with Gasteiger partial charge in [-0.2, -0.15) is 0 Å². The maximum atomic E-state index is 8.97. The van der Waals surface area contributed by atoms with Gasteiger partial charge in [-0.25, -0.2) is 0 Å². The molecule has 4 heavy (non-hydrogen) atoms. The second-order valence-corrected chi connectivity index (χ2v) is 0. The molecule has 0 aromatic heterocycles. The van der Waals surface area contributed by atoms with Gasteiger partial charge in [0.2, 0.25) is 0 Å². The van der Waals surface area contributed by atoms with Crippen LogP contribution in [0, 0.1) is 0 Å². The summed E-state index contributed by atoms with van der Waals surface area (Å²) in [6.45, 7) is 0. The van der Waals surface area contributed by atoms with E-state index in [1.807, 2.05) is 0 Å². The molecule has 0 fully saturated rings. The third-order valence-corrected chi connectivity index (χ3v) is 0. The van der Waals surface area contributed by atoms with Crippen molar-refractivity contribution in [3.05, 3.63) is 0 Å². The maximum Gasteiger partial charge on any atom is 2.00 e. The Labute approximate surface area is 83.1 Å². The van der Waals surface area contributed by atoms with Gasteiger partial charge >= 0.3 is 48.9 Å². The smallest absolute Gasteiger partial charge is 1.00 e. The summed E-state index contributed by atoms with van der Waals surface area (Å²) in [7, 11) is 0. The summed E-state index contributed by atoms with van der Waals surface area (Å²) in [5.41, 5.74) is 0. The van der Waals surface area contributed by atoms with Crippen LogP contribution in [-0.4, -0.2) is 48.9 Å². The summed E-state index contributed by atoms with van der Waals surface area (Å²) in [6, 6.07) is 0. The minimum absolute atomic E-state index is 0. The van der Waals surface area contributed by atoms with Gasteiger partial charge in [0.15, 0.2) is 0 Å². The monoisotopic (exact) mass is 274 g/mol. The van der Waals surface area contributed by atoms with Crippen molar-refractivity contribution < 1.29 is 6.84 Å². The van der Waals surface area contributed by atoms with Crippen molar-refractivity contribution in [1.82, 2.24) is 0 Å². The van der Waals surface area contributed by atoms with Gasteiger partial charge in [-0.3, -0.25) is 0 Å². The fraction of sp³-hybridized carbons (Fsp3) is 0. The van der Waals surface area contributed by atoms with E-state index < -0.39 is 0 Å². The molecule has 0 heterocycles. The molecule has 0 N–H and O–H groups in total. The second kappa shape index (κ2) is 18.6. The van der Waals surface area contributed by atoms with E-state index in [1.165, 1.54) is 0 Å². The van der Waals surface area contributed by atoms with Crippen LogP contribution in [0.3, 0.4) is 0 Å². The average Bonchev–Trinajstić information content (AvgIpc) is 1.00. The predicted octanol–water partition coefficient (Wildman–Crippen LogP) is 1.53. The molecule has 0 aliphatic rings. The summed E-state index contributed by atoms with van der Waals surface area (Å²) in [5.74, 6) is 0. The summed E-state index contributed by atoms with van der Waals surface area (Å²) < 4.78 is 8.97. The molecule has 0 nitrogen and oxygen atoms in total. The fourth-order valence-electron chi connectivity index (χ4n) is 0. The first-order valence-corrected chi connectivity index (χ1v) is 0.429. The van der Waals surface area contributed by atoms with Gasteiger partial charge in [0.25, 0.3) is 0 Å². The van der Waals surface area contributed by atoms with Crippen LogP contribution in [0.2, 0.25) is 0 Å². The third kappa shape index (κ3) is 8.86. The van der Waals surface area contributed by atoms with E-state index in [4.69, 9.17) is 3.98 Å². The molecule has 0 saturated carbocycles. The standard InChI is InChI=1S/Ba.BrH.ClF.2H/c;;1-2;;/h;1H;;;/q+2;;;2*-1. The molecular formula is H3BaBrClF. The number of hydrogen-bond acceptors (Lipinski definition) is 0. The number of hydrogen-bond donors (Lipinski definition) is 0. The van der Waals surface area contributed by atoms with Gasteiger partial charge in [0, 0.05) is 0 Å². The minimum atomic E-state index is 0. The Kier molecular flexibility index (Phi) is 75.9. The molecule has 26 valence electrons. The first kappa shape index (κ1) is 16.3. The summed E-state index contributed by atoms with van der Waals surface area (Å²) in [4.78, 5) is 0. The Morgan fingerprint density at radius 3 is 1.50 bits per heavy atom. The summed E-state index contributed by atoms with van der Waals surface area (Å²) in [6.07, 6.45) is 0. The van der Waals surface area contributed by atoms with Crippen LogP contribution in [0.1, 0.15) is 2.85 Å². The van der Waals surface area contributed by atoms with Gasteiger partial charge in [-0.05, 0) is 0 Å². The number of rotatable bonds is 0. The molecule has 0 spiro atoms. The molecule has 0 aromatic carbocycles. The van der Waals surface area contributed by atoms with Crippen LogP contribution in [0.5, 0.6) is 0 Å². The zero-order chi connectivity index (χ0) is 2.00. The van der Waals surface area contributed by atoms with Crippen LogP contribution in [0.4, 0.5) is 3.98 Å². The minimum Gasteiger partial charge on any atom is -1.00 e. The van der Waals surface area contributed by atoms with Gasteiger partial charge in [0.1, 0.15) is 12.0 Å². The fourth-order valence-corrected chi connectivity index (χ4v) is 0. The summed E-state index contributed by atoms with van der Waals surface area (Å²) in [5, 5.41) is 0. The zero-order valence-corrected chi connectivity index (χ0v) is 8.78.